The minimum Gasteiger partial charge on any atom is -0.373 e. The quantitative estimate of drug-likeness (QED) is 0.853. The topological polar surface area (TPSA) is 67.7 Å². The van der Waals surface area contributed by atoms with Crippen LogP contribution in [0.4, 0.5) is 11.6 Å². The predicted octanol–water partition coefficient (Wildman–Crippen LogP) is 2.30. The second kappa shape index (κ2) is 6.56. The molecule has 0 radical (unpaired) electrons. The number of hydrogen-bond donors (Lipinski definition) is 2. The molecule has 0 saturated heterocycles. The van der Waals surface area contributed by atoms with Crippen LogP contribution < -0.4 is 10.6 Å². The summed E-state index contributed by atoms with van der Waals surface area (Å²) >= 11 is 0. The van der Waals surface area contributed by atoms with Crippen LogP contribution in [0.25, 0.3) is 0 Å². The fourth-order valence-electron chi connectivity index (χ4n) is 2.34. The van der Waals surface area contributed by atoms with E-state index in [9.17, 15) is 0 Å². The number of rotatable bonds is 6. The Bertz CT molecular complexity index is 617. The molecular formula is C15H24N6. The molecule has 0 aromatic carbocycles. The molecule has 0 saturated carbocycles. The van der Waals surface area contributed by atoms with Crippen molar-refractivity contribution in [1.29, 1.82) is 0 Å². The Kier molecular flexibility index (Phi) is 4.77. The Labute approximate surface area is 126 Å². The van der Waals surface area contributed by atoms with Crippen LogP contribution in [0.3, 0.4) is 0 Å². The van der Waals surface area contributed by atoms with Crippen molar-refractivity contribution in [3.8, 4) is 0 Å². The lowest BCUT2D eigenvalue weighted by Gasteiger charge is -2.13. The van der Waals surface area contributed by atoms with Crippen LogP contribution >= 0.6 is 0 Å². The third-order valence-electron chi connectivity index (χ3n) is 3.52. The van der Waals surface area contributed by atoms with Crippen LogP contribution in [-0.2, 0) is 26.4 Å². The summed E-state index contributed by atoms with van der Waals surface area (Å²) in [7, 11) is 3.84. The van der Waals surface area contributed by atoms with Crippen LogP contribution in [0.1, 0.15) is 36.5 Å². The first-order valence-electron chi connectivity index (χ1n) is 7.39. The molecule has 2 aromatic rings. The molecule has 0 amide bonds. The zero-order chi connectivity index (χ0) is 15.4. The van der Waals surface area contributed by atoms with E-state index in [0.29, 0.717) is 0 Å². The molecule has 6 heteroatoms. The molecule has 0 unspecified atom stereocenters. The maximum atomic E-state index is 4.59. The summed E-state index contributed by atoms with van der Waals surface area (Å²) in [6.45, 7) is 6.93. The fraction of sp³-hybridized carbons (Fsp3) is 0.533. The molecule has 114 valence electrons. The maximum Gasteiger partial charge on any atom is 0.135 e. The van der Waals surface area contributed by atoms with Gasteiger partial charge in [0.25, 0.3) is 0 Å². The van der Waals surface area contributed by atoms with Crippen molar-refractivity contribution in [1.82, 2.24) is 19.7 Å². The van der Waals surface area contributed by atoms with Gasteiger partial charge in [0, 0.05) is 44.4 Å². The standard InChI is InChI=1S/C15H24N6/c1-6-12-11(9-21(5)20-12)8-17-15-10(3)14(16-4)18-13(7-2)19-15/h9H,6-8H2,1-5H3,(H2,16,17,18,19). The van der Waals surface area contributed by atoms with Crippen molar-refractivity contribution in [2.75, 3.05) is 17.7 Å². The molecule has 6 nitrogen and oxygen atoms in total. The molecule has 0 aliphatic carbocycles. The zero-order valence-electron chi connectivity index (χ0n) is 13.5. The first-order valence-corrected chi connectivity index (χ1v) is 7.39. The van der Waals surface area contributed by atoms with Crippen LogP contribution in [0.5, 0.6) is 0 Å². The molecule has 0 aliphatic heterocycles. The number of anilines is 2. The molecule has 0 fully saturated rings. The van der Waals surface area contributed by atoms with Crippen molar-refractivity contribution in [2.45, 2.75) is 40.2 Å². The minimum absolute atomic E-state index is 0.723. The highest BCUT2D eigenvalue weighted by Gasteiger charge is 2.11. The number of hydrogen-bond acceptors (Lipinski definition) is 5. The van der Waals surface area contributed by atoms with E-state index in [1.807, 2.05) is 25.7 Å². The second-order valence-electron chi connectivity index (χ2n) is 5.05. The molecular weight excluding hydrogens is 264 g/mol. The summed E-state index contributed by atoms with van der Waals surface area (Å²) in [5, 5.41) is 11.0. The van der Waals surface area contributed by atoms with Gasteiger partial charge in [0.1, 0.15) is 17.5 Å². The maximum absolute atomic E-state index is 4.59. The highest BCUT2D eigenvalue weighted by atomic mass is 15.3. The van der Waals surface area contributed by atoms with Crippen LogP contribution in [0, 0.1) is 6.92 Å². The van der Waals surface area contributed by atoms with E-state index in [0.717, 1.165) is 48.1 Å². The van der Waals surface area contributed by atoms with E-state index in [1.54, 1.807) is 0 Å². The lowest BCUT2D eigenvalue weighted by molar-refractivity contribution is 0.746. The van der Waals surface area contributed by atoms with Gasteiger partial charge in [-0.2, -0.15) is 5.10 Å². The van der Waals surface area contributed by atoms with E-state index in [2.05, 4.69) is 45.7 Å². The first-order chi connectivity index (χ1) is 10.1. The fourth-order valence-corrected chi connectivity index (χ4v) is 2.34. The number of aryl methyl sites for hydroxylation is 3. The van der Waals surface area contributed by atoms with Gasteiger partial charge in [-0.3, -0.25) is 4.68 Å². The zero-order valence-corrected chi connectivity index (χ0v) is 13.5. The highest BCUT2D eigenvalue weighted by molar-refractivity contribution is 5.57. The van der Waals surface area contributed by atoms with Crippen molar-refractivity contribution in [2.24, 2.45) is 7.05 Å². The monoisotopic (exact) mass is 288 g/mol. The van der Waals surface area contributed by atoms with Gasteiger partial charge in [-0.05, 0) is 13.3 Å². The van der Waals surface area contributed by atoms with Gasteiger partial charge in [-0.15, -0.1) is 0 Å². The molecule has 2 N–H and O–H groups in total. The van der Waals surface area contributed by atoms with Gasteiger partial charge >= 0.3 is 0 Å². The molecule has 0 spiro atoms. The third-order valence-corrected chi connectivity index (χ3v) is 3.52. The number of aromatic nitrogens is 4. The van der Waals surface area contributed by atoms with Crippen LogP contribution in [0.15, 0.2) is 6.20 Å². The second-order valence-corrected chi connectivity index (χ2v) is 5.05. The molecule has 0 bridgehead atoms. The summed E-state index contributed by atoms with van der Waals surface area (Å²) in [5.74, 6) is 2.61. The van der Waals surface area contributed by atoms with Gasteiger partial charge in [0.2, 0.25) is 0 Å². The summed E-state index contributed by atoms with van der Waals surface area (Å²) in [4.78, 5) is 9.07. The number of nitrogens with zero attached hydrogens (tertiary/aromatic N) is 4. The summed E-state index contributed by atoms with van der Waals surface area (Å²) in [5.41, 5.74) is 3.37. The van der Waals surface area contributed by atoms with Crippen molar-refractivity contribution in [3.63, 3.8) is 0 Å². The Hall–Kier alpha value is -2.11. The average Bonchev–Trinajstić information content (AvgIpc) is 2.86. The van der Waals surface area contributed by atoms with Gasteiger partial charge in [-0.1, -0.05) is 13.8 Å². The largest absolute Gasteiger partial charge is 0.373 e. The Balaban J connectivity index is 2.22. The molecule has 2 heterocycles. The molecule has 2 rings (SSSR count). The van der Waals surface area contributed by atoms with Crippen LogP contribution in [0.2, 0.25) is 0 Å². The molecule has 21 heavy (non-hydrogen) atoms. The summed E-state index contributed by atoms with van der Waals surface area (Å²) in [6.07, 6.45) is 3.81. The molecule has 0 aliphatic rings. The number of nitrogens with one attached hydrogen (secondary N) is 2. The molecule has 0 atom stereocenters. The third kappa shape index (κ3) is 3.32. The van der Waals surface area contributed by atoms with Crippen molar-refractivity contribution >= 4 is 11.6 Å². The highest BCUT2D eigenvalue weighted by Crippen LogP contribution is 2.21. The Morgan fingerprint density at radius 1 is 1.14 bits per heavy atom. The lowest BCUT2D eigenvalue weighted by Crippen LogP contribution is -2.10. The Morgan fingerprint density at radius 3 is 2.48 bits per heavy atom. The summed E-state index contributed by atoms with van der Waals surface area (Å²) < 4.78 is 1.86. The lowest BCUT2D eigenvalue weighted by atomic mass is 10.2. The smallest absolute Gasteiger partial charge is 0.135 e. The first kappa shape index (κ1) is 15.3. The van der Waals surface area contributed by atoms with E-state index in [-0.39, 0.29) is 0 Å². The minimum atomic E-state index is 0.723. The van der Waals surface area contributed by atoms with Crippen molar-refractivity contribution < 1.29 is 0 Å². The van der Waals surface area contributed by atoms with E-state index >= 15 is 0 Å². The van der Waals surface area contributed by atoms with Gasteiger partial charge in [0.15, 0.2) is 0 Å². The van der Waals surface area contributed by atoms with Gasteiger partial charge in [0.05, 0.1) is 5.69 Å². The van der Waals surface area contributed by atoms with Crippen LogP contribution in [-0.4, -0.2) is 26.8 Å². The van der Waals surface area contributed by atoms with E-state index in [1.165, 1.54) is 5.56 Å². The Morgan fingerprint density at radius 2 is 1.86 bits per heavy atom. The predicted molar refractivity (Wildman–Crippen MR) is 85.6 cm³/mol. The van der Waals surface area contributed by atoms with Gasteiger partial charge in [-0.25, -0.2) is 9.97 Å². The normalized spacial score (nSPS) is 10.7. The summed E-state index contributed by atoms with van der Waals surface area (Å²) in [6, 6.07) is 0. The van der Waals surface area contributed by atoms with Gasteiger partial charge < -0.3 is 10.6 Å². The van der Waals surface area contributed by atoms with E-state index in [4.69, 9.17) is 0 Å². The average molecular weight is 288 g/mol. The SMILES string of the molecule is CCc1nc(NC)c(C)c(NCc2cn(C)nc2CC)n1. The van der Waals surface area contributed by atoms with Crippen molar-refractivity contribution in [3.05, 3.63) is 28.8 Å². The molecule has 2 aromatic heterocycles. The van der Waals surface area contributed by atoms with E-state index < -0.39 is 0 Å².